The van der Waals surface area contributed by atoms with Crippen LogP contribution in [0.4, 0.5) is 11.4 Å². The number of hydrogen-bond donors (Lipinski definition) is 0. The first-order chi connectivity index (χ1) is 28.4. The minimum absolute atomic E-state index is 0.114. The molecule has 0 aliphatic carbocycles. The molecule has 14 heteroatoms. The summed E-state index contributed by atoms with van der Waals surface area (Å²) in [5, 5.41) is 3.29. The van der Waals surface area contributed by atoms with E-state index in [1.165, 1.54) is 29.2 Å². The van der Waals surface area contributed by atoms with Gasteiger partial charge in [-0.3, -0.25) is 19.2 Å². The van der Waals surface area contributed by atoms with Gasteiger partial charge in [0, 0.05) is 111 Å². The number of rotatable bonds is 4. The monoisotopic (exact) mass is 866 g/mol. The van der Waals surface area contributed by atoms with Gasteiger partial charge in [0.15, 0.2) is 29.3 Å². The van der Waals surface area contributed by atoms with Crippen LogP contribution >= 0.6 is 46.4 Å². The second-order valence-corrected chi connectivity index (χ2v) is 16.9. The van der Waals surface area contributed by atoms with Gasteiger partial charge in [0.2, 0.25) is 0 Å². The fourth-order valence-electron chi connectivity index (χ4n) is 8.44. The lowest BCUT2D eigenvalue weighted by atomic mass is 9.82. The average molecular weight is 869 g/mol. The second-order valence-electron chi connectivity index (χ2n) is 15.3. The molecule has 3 amide bonds. The van der Waals surface area contributed by atoms with E-state index in [4.69, 9.17) is 65.4 Å². The summed E-state index contributed by atoms with van der Waals surface area (Å²) in [7, 11) is 1.61. The molecule has 7 aromatic rings. The van der Waals surface area contributed by atoms with Gasteiger partial charge in [-0.15, -0.1) is 0 Å². The highest BCUT2D eigenvalue weighted by atomic mass is 35.5. The number of benzene rings is 7. The number of halogens is 4. The predicted octanol–water partition coefficient (Wildman–Crippen LogP) is 11.1. The average Bonchev–Trinajstić information content (AvgIpc) is 3.54. The van der Waals surface area contributed by atoms with Gasteiger partial charge in [-0.2, -0.15) is 0 Å². The van der Waals surface area contributed by atoms with Gasteiger partial charge >= 0.3 is 0 Å². The molecular formula is C45H30Cl4N2O8. The molecule has 296 valence electrons. The highest BCUT2D eigenvalue weighted by Gasteiger charge is 2.38. The number of carbonyl (C=O) groups is 4. The zero-order valence-electron chi connectivity index (χ0n) is 31.5. The van der Waals surface area contributed by atoms with Crippen LogP contribution in [0.5, 0.6) is 23.0 Å². The molecule has 0 bridgehead atoms. The highest BCUT2D eigenvalue weighted by molar-refractivity contribution is 6.56. The normalized spacial score (nSPS) is 17.5. The van der Waals surface area contributed by atoms with Crippen molar-refractivity contribution in [3.05, 3.63) is 103 Å². The first kappa shape index (κ1) is 37.7. The summed E-state index contributed by atoms with van der Waals surface area (Å²) in [6.45, 7) is 5.82. The summed E-state index contributed by atoms with van der Waals surface area (Å²) in [6.07, 6.45) is 0.624. The van der Waals surface area contributed by atoms with Crippen molar-refractivity contribution in [1.29, 1.82) is 0 Å². The van der Waals surface area contributed by atoms with Gasteiger partial charge in [-0.25, -0.2) is 4.90 Å². The van der Waals surface area contributed by atoms with Crippen LogP contribution in [0.15, 0.2) is 60.7 Å². The SMILES string of the molecule is CC1COc2ccc(N(C)C(=O)c3cc(Cl)c4c5c(Cl)cc6c7c(cc(Cl)c(c8c(Cl)cc(C=O)c3c84)c75)C(=O)N(c3ccc4c(c3)OCC(C)CO4)C6=O)cc2OC1. The topological polar surface area (TPSA) is 112 Å². The molecule has 10 rings (SSSR count). The predicted molar refractivity (Wildman–Crippen MR) is 230 cm³/mol. The van der Waals surface area contributed by atoms with E-state index in [2.05, 4.69) is 0 Å². The molecule has 0 saturated heterocycles. The van der Waals surface area contributed by atoms with E-state index >= 15 is 0 Å². The minimum atomic E-state index is -0.621. The lowest BCUT2D eigenvalue weighted by Gasteiger charge is -2.30. The summed E-state index contributed by atoms with van der Waals surface area (Å²) in [6, 6.07) is 16.1. The Labute approximate surface area is 356 Å². The molecule has 0 saturated carbocycles. The third kappa shape index (κ3) is 5.60. The number of anilines is 2. The number of imide groups is 1. The van der Waals surface area contributed by atoms with E-state index in [0.29, 0.717) is 99.1 Å². The molecule has 0 radical (unpaired) electrons. The quantitative estimate of drug-likeness (QED) is 0.0744. The molecule has 0 fully saturated rings. The number of nitrogens with zero attached hydrogens (tertiary/aromatic N) is 2. The van der Waals surface area contributed by atoms with Crippen molar-refractivity contribution in [3.8, 4) is 23.0 Å². The molecule has 10 nitrogen and oxygen atoms in total. The van der Waals surface area contributed by atoms with Crippen LogP contribution in [0.25, 0.3) is 43.1 Å². The van der Waals surface area contributed by atoms with Crippen LogP contribution in [0.1, 0.15) is 55.3 Å². The summed E-state index contributed by atoms with van der Waals surface area (Å²) in [5.41, 5.74) is 1.32. The van der Waals surface area contributed by atoms with E-state index in [-0.39, 0.29) is 65.3 Å². The molecule has 2 unspecified atom stereocenters. The Morgan fingerprint density at radius 2 is 1.08 bits per heavy atom. The Balaban J connectivity index is 1.19. The van der Waals surface area contributed by atoms with E-state index < -0.39 is 17.7 Å². The van der Waals surface area contributed by atoms with Gasteiger partial charge in [-0.1, -0.05) is 60.3 Å². The van der Waals surface area contributed by atoms with Gasteiger partial charge in [0.05, 0.1) is 43.2 Å². The first-order valence-electron chi connectivity index (χ1n) is 18.8. The van der Waals surface area contributed by atoms with Gasteiger partial charge in [0.25, 0.3) is 17.7 Å². The molecule has 3 heterocycles. The van der Waals surface area contributed by atoms with Crippen molar-refractivity contribution in [2.75, 3.05) is 43.3 Å². The number of aldehydes is 1. The van der Waals surface area contributed by atoms with Gasteiger partial charge < -0.3 is 23.8 Å². The third-order valence-corrected chi connectivity index (χ3v) is 12.5. The minimum Gasteiger partial charge on any atom is -0.489 e. The van der Waals surface area contributed by atoms with Crippen molar-refractivity contribution >= 4 is 125 Å². The van der Waals surface area contributed by atoms with Gasteiger partial charge in [0.1, 0.15) is 0 Å². The molecule has 2 atom stereocenters. The van der Waals surface area contributed by atoms with Crippen molar-refractivity contribution < 1.29 is 38.1 Å². The van der Waals surface area contributed by atoms with Crippen molar-refractivity contribution in [2.24, 2.45) is 11.8 Å². The summed E-state index contributed by atoms with van der Waals surface area (Å²) >= 11 is 28.7. The summed E-state index contributed by atoms with van der Waals surface area (Å²) in [4.78, 5) is 59.0. The zero-order valence-corrected chi connectivity index (χ0v) is 34.5. The van der Waals surface area contributed by atoms with E-state index in [1.54, 1.807) is 43.4 Å². The van der Waals surface area contributed by atoms with Crippen molar-refractivity contribution in [3.63, 3.8) is 0 Å². The molecule has 3 aliphatic rings. The Morgan fingerprint density at radius 3 is 1.64 bits per heavy atom. The fourth-order valence-corrected chi connectivity index (χ4v) is 9.64. The van der Waals surface area contributed by atoms with Crippen molar-refractivity contribution in [1.82, 2.24) is 0 Å². The zero-order chi connectivity index (χ0) is 41.2. The Morgan fingerprint density at radius 1 is 0.610 bits per heavy atom. The van der Waals surface area contributed by atoms with Crippen molar-refractivity contribution in [2.45, 2.75) is 13.8 Å². The smallest absolute Gasteiger partial charge is 0.266 e. The van der Waals surface area contributed by atoms with Crippen LogP contribution < -0.4 is 28.7 Å². The largest absolute Gasteiger partial charge is 0.489 e. The molecule has 0 N–H and O–H groups in total. The maximum absolute atomic E-state index is 14.6. The Bertz CT molecular complexity index is 2980. The van der Waals surface area contributed by atoms with Crippen LogP contribution in [0.2, 0.25) is 20.1 Å². The van der Waals surface area contributed by atoms with E-state index in [0.717, 1.165) is 4.90 Å². The second kappa shape index (κ2) is 13.8. The highest BCUT2D eigenvalue weighted by Crippen LogP contribution is 2.53. The molecule has 7 aromatic carbocycles. The van der Waals surface area contributed by atoms with E-state index in [1.807, 2.05) is 13.8 Å². The number of fused-ring (bicyclic) bond motifs is 4. The lowest BCUT2D eigenvalue weighted by Crippen LogP contribution is -2.40. The number of carbonyl (C=O) groups excluding carboxylic acids is 4. The third-order valence-electron chi connectivity index (χ3n) is 11.3. The molecule has 3 aliphatic heterocycles. The van der Waals surface area contributed by atoms with E-state index in [9.17, 15) is 19.2 Å². The molecule has 59 heavy (non-hydrogen) atoms. The lowest BCUT2D eigenvalue weighted by molar-refractivity contribution is 0.0891. The first-order valence-corrected chi connectivity index (χ1v) is 20.3. The molecule has 0 spiro atoms. The molecule has 0 aromatic heterocycles. The Kier molecular flexibility index (Phi) is 8.81. The maximum Gasteiger partial charge on any atom is 0.266 e. The fraction of sp³-hybridized carbons (Fsp3) is 0.200. The summed E-state index contributed by atoms with van der Waals surface area (Å²) < 4.78 is 23.7. The van der Waals surface area contributed by atoms with Gasteiger partial charge in [-0.05, 0) is 48.5 Å². The summed E-state index contributed by atoms with van der Waals surface area (Å²) in [5.74, 6) is 0.565. The standard InChI is InChI=1S/C45H30Cl4N2O8/c1-19-15-56-31-6-4-22(9-33(31)58-17-19)50(3)43(53)24-11-28(47)38-40-30(49)13-26-36-25(12-29(48)39(42(36)40)37-27(46)8-21(14-52)35(24)41(37)38)44(54)51(45(26)55)23-5-7-32-34(10-23)59-18-20(2)16-57-32/h4-14,19-20H,15-18H2,1-3H3. The number of hydrogen-bond acceptors (Lipinski definition) is 8. The van der Waals surface area contributed by atoms with Crippen LogP contribution in [-0.4, -0.2) is 57.5 Å². The Hall–Kier alpha value is -5.52. The van der Waals surface area contributed by atoms with Crippen LogP contribution in [0, 0.1) is 11.8 Å². The number of amides is 3. The van der Waals surface area contributed by atoms with Crippen LogP contribution in [-0.2, 0) is 0 Å². The maximum atomic E-state index is 14.6. The van der Waals surface area contributed by atoms with Crippen LogP contribution in [0.3, 0.4) is 0 Å². The number of ether oxygens (including phenoxy) is 4. The molecular weight excluding hydrogens is 838 g/mol.